The van der Waals surface area contributed by atoms with E-state index in [0.717, 1.165) is 0 Å². The van der Waals surface area contributed by atoms with E-state index < -0.39 is 16.2 Å². The number of carbonyl (C=O) groups is 1. The van der Waals surface area contributed by atoms with E-state index >= 15 is 0 Å². The second-order valence-electron chi connectivity index (χ2n) is 4.49. The molecule has 24 heavy (non-hydrogen) atoms. The van der Waals surface area contributed by atoms with Crippen molar-refractivity contribution in [3.8, 4) is 0 Å². The Morgan fingerprint density at radius 1 is 1.38 bits per heavy atom. The molecular weight excluding hydrogens is 360 g/mol. The summed E-state index contributed by atoms with van der Waals surface area (Å²) < 4.78 is 32.6. The maximum absolute atomic E-state index is 11.8. The number of rotatable bonds is 8. The molecular formula is C11H16N6O5S2. The molecule has 2 rings (SSSR count). The Balaban J connectivity index is 2.29. The highest BCUT2D eigenvalue weighted by Gasteiger charge is 2.23. The van der Waals surface area contributed by atoms with E-state index in [2.05, 4.69) is 14.2 Å². The van der Waals surface area contributed by atoms with Gasteiger partial charge in [0.05, 0.1) is 29.2 Å². The lowest BCUT2D eigenvalue weighted by molar-refractivity contribution is 0.0532. The zero-order valence-electron chi connectivity index (χ0n) is 12.6. The summed E-state index contributed by atoms with van der Waals surface area (Å²) >= 11 is 1.26. The van der Waals surface area contributed by atoms with Gasteiger partial charge in [-0.05, 0) is 6.26 Å². The number of thioether (sulfide) groups is 1. The highest BCUT2D eigenvalue weighted by molar-refractivity contribution is 7.98. The Morgan fingerprint density at radius 2 is 2.08 bits per heavy atom. The van der Waals surface area contributed by atoms with Gasteiger partial charge in [-0.2, -0.15) is 8.42 Å². The quantitative estimate of drug-likeness (QED) is 0.386. The Labute approximate surface area is 141 Å². The third kappa shape index (κ3) is 3.93. The van der Waals surface area contributed by atoms with Gasteiger partial charge in [0, 0.05) is 0 Å². The predicted molar refractivity (Wildman–Crippen MR) is 87.3 cm³/mol. The number of nitrogens with zero attached hydrogens (tertiary/aromatic N) is 3. The average molecular weight is 376 g/mol. The number of hydrogen-bond acceptors (Lipinski definition) is 9. The lowest BCUT2D eigenvalue weighted by atomic mass is 10.2. The minimum absolute atomic E-state index is 0.0234. The Bertz CT molecular complexity index is 865. The molecule has 0 atom stereocenters. The maximum Gasteiger partial charge on any atom is 0.333 e. The van der Waals surface area contributed by atoms with E-state index in [0.29, 0.717) is 16.1 Å². The second-order valence-corrected chi connectivity index (χ2v) is 6.50. The number of anilines is 1. The number of nitrogen functional groups attached to an aromatic ring is 1. The molecule has 0 saturated heterocycles. The molecule has 0 aliphatic carbocycles. The molecule has 6 N–H and O–H groups in total. The number of fused-ring (bicyclic) bond motifs is 1. The largest absolute Gasteiger partial charge is 0.383 e. The monoisotopic (exact) mass is 376 g/mol. The minimum atomic E-state index is -4.02. The molecule has 1 amide bonds. The molecule has 132 valence electrons. The lowest BCUT2D eigenvalue weighted by Crippen LogP contribution is -2.19. The van der Waals surface area contributed by atoms with Crippen molar-refractivity contribution in [1.82, 2.24) is 14.5 Å². The Morgan fingerprint density at radius 3 is 2.67 bits per heavy atom. The molecule has 0 spiro atoms. The number of ether oxygens (including phenoxy) is 1. The molecule has 11 nitrogen and oxygen atoms in total. The number of primary amides is 1. The summed E-state index contributed by atoms with van der Waals surface area (Å²) in [6, 6.07) is 0. The van der Waals surface area contributed by atoms with Crippen LogP contribution in [0.1, 0.15) is 10.4 Å². The average Bonchev–Trinajstić information content (AvgIpc) is 2.81. The summed E-state index contributed by atoms with van der Waals surface area (Å²) in [5, 5.41) is 5.56. The van der Waals surface area contributed by atoms with Crippen molar-refractivity contribution in [3.63, 3.8) is 0 Å². The van der Waals surface area contributed by atoms with E-state index in [4.69, 9.17) is 21.3 Å². The van der Waals surface area contributed by atoms with Gasteiger partial charge in [0.15, 0.2) is 0 Å². The summed E-state index contributed by atoms with van der Waals surface area (Å²) in [5.74, 6) is -0.539. The van der Waals surface area contributed by atoms with Crippen LogP contribution in [0.25, 0.3) is 11.0 Å². The molecule has 2 heterocycles. The SMILES string of the molecule is CSc1c(C(N)=O)c2c(N)ncnc2n1COCCOS(N)(=O)=O. The van der Waals surface area contributed by atoms with Crippen LogP contribution in [0.15, 0.2) is 11.4 Å². The zero-order chi connectivity index (χ0) is 17.9. The van der Waals surface area contributed by atoms with Gasteiger partial charge in [-0.3, -0.25) is 13.5 Å². The molecule has 2 aromatic heterocycles. The normalized spacial score (nSPS) is 11.9. The van der Waals surface area contributed by atoms with Crippen LogP contribution in [0.2, 0.25) is 0 Å². The first kappa shape index (κ1) is 18.4. The third-order valence-electron chi connectivity index (χ3n) is 2.96. The zero-order valence-corrected chi connectivity index (χ0v) is 14.3. The van der Waals surface area contributed by atoms with Crippen molar-refractivity contribution in [1.29, 1.82) is 0 Å². The number of aromatic nitrogens is 3. The van der Waals surface area contributed by atoms with Gasteiger partial charge in [0.2, 0.25) is 0 Å². The first-order chi connectivity index (χ1) is 11.3. The van der Waals surface area contributed by atoms with E-state index in [1.54, 1.807) is 10.8 Å². The van der Waals surface area contributed by atoms with Crippen LogP contribution in [-0.4, -0.2) is 48.3 Å². The fraction of sp³-hybridized carbons (Fsp3) is 0.364. The number of nitrogens with two attached hydrogens (primary N) is 3. The highest BCUT2D eigenvalue weighted by Crippen LogP contribution is 2.33. The van der Waals surface area contributed by atoms with Gasteiger partial charge in [-0.1, -0.05) is 0 Å². The summed E-state index contributed by atoms with van der Waals surface area (Å²) in [6.07, 6.45) is 3.01. The molecule has 0 fully saturated rings. The van der Waals surface area contributed by atoms with Gasteiger partial charge in [-0.25, -0.2) is 15.1 Å². The third-order valence-corrected chi connectivity index (χ3v) is 4.26. The molecule has 2 aromatic rings. The van der Waals surface area contributed by atoms with E-state index in [1.165, 1.54) is 18.1 Å². The van der Waals surface area contributed by atoms with Gasteiger partial charge >= 0.3 is 10.3 Å². The second kappa shape index (κ2) is 7.31. The van der Waals surface area contributed by atoms with E-state index in [9.17, 15) is 13.2 Å². The van der Waals surface area contributed by atoms with Gasteiger partial charge in [-0.15, -0.1) is 11.8 Å². The minimum Gasteiger partial charge on any atom is -0.383 e. The van der Waals surface area contributed by atoms with Gasteiger partial charge in [0.25, 0.3) is 5.91 Å². The standard InChI is InChI=1S/C11H16N6O5S2/c1-23-11-7(9(13)18)6-8(12)15-4-16-10(6)17(11)5-21-2-3-22-24(14,19)20/h4H,2-3,5H2,1H3,(H2,13,18)(H2,12,15,16)(H2,14,19,20). The van der Waals surface area contributed by atoms with Crippen LogP contribution in [0.3, 0.4) is 0 Å². The topological polar surface area (TPSA) is 178 Å². The van der Waals surface area contributed by atoms with Crippen LogP contribution in [0.4, 0.5) is 5.82 Å². The number of carbonyl (C=O) groups excluding carboxylic acids is 1. The molecule has 0 unspecified atom stereocenters. The van der Waals surface area contributed by atoms with Crippen molar-refractivity contribution >= 4 is 44.8 Å². The summed E-state index contributed by atoms with van der Waals surface area (Å²) in [4.78, 5) is 19.8. The highest BCUT2D eigenvalue weighted by atomic mass is 32.2. The lowest BCUT2D eigenvalue weighted by Gasteiger charge is -2.09. The van der Waals surface area contributed by atoms with E-state index in [1.807, 2.05) is 0 Å². The maximum atomic E-state index is 11.8. The van der Waals surface area contributed by atoms with Gasteiger partial charge in [0.1, 0.15) is 24.5 Å². The Hall–Kier alpha value is -1.93. The summed E-state index contributed by atoms with van der Waals surface area (Å²) in [5.41, 5.74) is 11.9. The fourth-order valence-corrected chi connectivity index (χ4v) is 3.16. The molecule has 0 saturated carbocycles. The Kier molecular flexibility index (Phi) is 5.61. The summed E-state index contributed by atoms with van der Waals surface area (Å²) in [6.45, 7) is -0.312. The van der Waals surface area contributed by atoms with Crippen molar-refractivity contribution < 1.29 is 22.1 Å². The van der Waals surface area contributed by atoms with Crippen molar-refractivity contribution in [2.75, 3.05) is 25.2 Å². The molecule has 0 aliphatic rings. The predicted octanol–water partition coefficient (Wildman–Crippen LogP) is -0.971. The van der Waals surface area contributed by atoms with Crippen molar-refractivity contribution in [2.45, 2.75) is 11.8 Å². The number of amides is 1. The van der Waals surface area contributed by atoms with Gasteiger partial charge < -0.3 is 16.2 Å². The molecule has 0 bridgehead atoms. The summed E-state index contributed by atoms with van der Waals surface area (Å²) in [7, 11) is -4.02. The molecule has 0 aliphatic heterocycles. The van der Waals surface area contributed by atoms with Crippen LogP contribution >= 0.6 is 11.8 Å². The molecule has 0 radical (unpaired) electrons. The smallest absolute Gasteiger partial charge is 0.333 e. The van der Waals surface area contributed by atoms with Crippen molar-refractivity contribution in [2.24, 2.45) is 10.9 Å². The van der Waals surface area contributed by atoms with Crippen LogP contribution in [-0.2, 0) is 26.0 Å². The van der Waals surface area contributed by atoms with Crippen LogP contribution in [0, 0.1) is 0 Å². The number of hydrogen-bond donors (Lipinski definition) is 3. The first-order valence-corrected chi connectivity index (χ1v) is 9.17. The first-order valence-electron chi connectivity index (χ1n) is 6.47. The molecule has 0 aromatic carbocycles. The fourth-order valence-electron chi connectivity index (χ4n) is 2.10. The van der Waals surface area contributed by atoms with Crippen LogP contribution in [0.5, 0.6) is 0 Å². The van der Waals surface area contributed by atoms with E-state index in [-0.39, 0.29) is 31.3 Å². The van der Waals surface area contributed by atoms with Crippen LogP contribution < -0.4 is 16.6 Å². The van der Waals surface area contributed by atoms with Crippen molar-refractivity contribution in [3.05, 3.63) is 11.9 Å². The molecule has 13 heteroatoms.